The fourth-order valence-electron chi connectivity index (χ4n) is 1.38. The lowest BCUT2D eigenvalue weighted by molar-refractivity contribution is -0.115. The highest BCUT2D eigenvalue weighted by molar-refractivity contribution is 7.92. The number of anilines is 1. The van der Waals surface area contributed by atoms with Gasteiger partial charge in [-0.2, -0.15) is 0 Å². The predicted molar refractivity (Wildman–Crippen MR) is 81.9 cm³/mol. The molecule has 0 aromatic heterocycles. The predicted octanol–water partition coefficient (Wildman–Crippen LogP) is 1.69. The molecule has 0 radical (unpaired) electrons. The first-order valence-electron chi connectivity index (χ1n) is 6.07. The Kier molecular flexibility index (Phi) is 5.56. The maximum atomic E-state index is 11.7. The number of sulfone groups is 1. The van der Waals surface area contributed by atoms with Gasteiger partial charge in [0, 0.05) is 23.5 Å². The van der Waals surface area contributed by atoms with Crippen molar-refractivity contribution in [2.75, 3.05) is 24.7 Å². The van der Waals surface area contributed by atoms with Crippen LogP contribution in [0, 0.1) is 0 Å². The van der Waals surface area contributed by atoms with Gasteiger partial charge in [0.05, 0.1) is 11.3 Å². The second-order valence-corrected chi connectivity index (χ2v) is 8.28. The van der Waals surface area contributed by atoms with Crippen LogP contribution in [0.15, 0.2) is 24.3 Å². The van der Waals surface area contributed by atoms with Crippen molar-refractivity contribution in [2.45, 2.75) is 18.6 Å². The molecule has 0 aliphatic heterocycles. The number of benzene rings is 1. The van der Waals surface area contributed by atoms with Crippen LogP contribution in [0.25, 0.3) is 0 Å². The number of amides is 1. The van der Waals surface area contributed by atoms with Crippen molar-refractivity contribution in [2.24, 2.45) is 0 Å². The van der Waals surface area contributed by atoms with Crippen molar-refractivity contribution in [1.82, 2.24) is 5.32 Å². The Morgan fingerprint density at radius 2 is 2.00 bits per heavy atom. The van der Waals surface area contributed by atoms with Gasteiger partial charge in [-0.3, -0.25) is 4.79 Å². The zero-order chi connectivity index (χ0) is 15.4. The van der Waals surface area contributed by atoms with E-state index in [0.717, 1.165) is 0 Å². The van der Waals surface area contributed by atoms with Gasteiger partial charge >= 0.3 is 0 Å². The summed E-state index contributed by atoms with van der Waals surface area (Å²) in [6.45, 7) is 3.47. The second-order valence-electron chi connectivity index (χ2n) is 5.19. The van der Waals surface area contributed by atoms with E-state index >= 15 is 0 Å². The van der Waals surface area contributed by atoms with Gasteiger partial charge in [-0.05, 0) is 32.0 Å². The number of hydrogen-bond donors (Lipinski definition) is 2. The highest BCUT2D eigenvalue weighted by Gasteiger charge is 2.29. The van der Waals surface area contributed by atoms with Gasteiger partial charge in [-0.15, -0.1) is 0 Å². The lowest BCUT2D eigenvalue weighted by Gasteiger charge is -2.22. The van der Waals surface area contributed by atoms with Gasteiger partial charge in [0.2, 0.25) is 5.91 Å². The smallest absolute Gasteiger partial charge is 0.238 e. The highest BCUT2D eigenvalue weighted by Crippen LogP contribution is 2.15. The van der Waals surface area contributed by atoms with E-state index in [0.29, 0.717) is 10.7 Å². The number of rotatable bonds is 6. The lowest BCUT2D eigenvalue weighted by Crippen LogP contribution is -2.43. The van der Waals surface area contributed by atoms with Crippen LogP contribution in [0.1, 0.15) is 13.8 Å². The largest absolute Gasteiger partial charge is 0.325 e. The minimum absolute atomic E-state index is 0.0332. The molecule has 0 bridgehead atoms. The van der Waals surface area contributed by atoms with Crippen LogP contribution in [0.5, 0.6) is 0 Å². The molecule has 1 aromatic carbocycles. The van der Waals surface area contributed by atoms with E-state index in [1.54, 1.807) is 38.1 Å². The minimum atomic E-state index is -3.18. The fourth-order valence-corrected chi connectivity index (χ4v) is 1.93. The molecule has 7 heteroatoms. The summed E-state index contributed by atoms with van der Waals surface area (Å²) >= 11 is 5.81. The van der Waals surface area contributed by atoms with Crippen molar-refractivity contribution < 1.29 is 13.2 Å². The molecule has 0 heterocycles. The Labute approximate surface area is 124 Å². The van der Waals surface area contributed by atoms with E-state index in [1.807, 2.05) is 0 Å². The third-order valence-corrected chi connectivity index (χ3v) is 5.34. The van der Waals surface area contributed by atoms with E-state index in [1.165, 1.54) is 6.26 Å². The molecule has 0 saturated heterocycles. The molecule has 0 saturated carbocycles. The first-order chi connectivity index (χ1) is 9.12. The average Bonchev–Trinajstić information content (AvgIpc) is 2.26. The van der Waals surface area contributed by atoms with E-state index in [9.17, 15) is 13.2 Å². The number of nitrogens with one attached hydrogen (secondary N) is 2. The van der Waals surface area contributed by atoms with Crippen LogP contribution in [0.4, 0.5) is 5.69 Å². The molecule has 1 rings (SSSR count). The van der Waals surface area contributed by atoms with Crippen LogP contribution in [0.2, 0.25) is 5.02 Å². The second kappa shape index (κ2) is 6.56. The molecule has 1 amide bonds. The number of carbonyl (C=O) groups is 1. The number of hydrogen-bond acceptors (Lipinski definition) is 4. The first-order valence-corrected chi connectivity index (χ1v) is 8.34. The van der Waals surface area contributed by atoms with Crippen molar-refractivity contribution in [1.29, 1.82) is 0 Å². The van der Waals surface area contributed by atoms with E-state index in [4.69, 9.17) is 11.6 Å². The van der Waals surface area contributed by atoms with Gasteiger partial charge < -0.3 is 10.6 Å². The molecule has 0 atom stereocenters. The van der Waals surface area contributed by atoms with Crippen LogP contribution >= 0.6 is 11.6 Å². The quantitative estimate of drug-likeness (QED) is 0.837. The summed E-state index contributed by atoms with van der Waals surface area (Å²) < 4.78 is 22.1. The summed E-state index contributed by atoms with van der Waals surface area (Å²) in [5, 5.41) is 6.05. The van der Waals surface area contributed by atoms with Crippen molar-refractivity contribution in [3.8, 4) is 0 Å². The van der Waals surface area contributed by atoms with E-state index in [-0.39, 0.29) is 19.0 Å². The number of carbonyl (C=O) groups excluding carboxylic acids is 1. The van der Waals surface area contributed by atoms with Crippen LogP contribution in [-0.4, -0.2) is 38.4 Å². The third kappa shape index (κ3) is 5.11. The molecule has 112 valence electrons. The molecule has 0 aliphatic rings. The molecule has 5 nitrogen and oxygen atoms in total. The average molecular weight is 319 g/mol. The van der Waals surface area contributed by atoms with Crippen LogP contribution < -0.4 is 10.6 Å². The molecule has 0 aliphatic carbocycles. The maximum absolute atomic E-state index is 11.7. The Hall–Kier alpha value is -1.11. The highest BCUT2D eigenvalue weighted by atomic mass is 35.5. The molecule has 0 fully saturated rings. The SMILES string of the molecule is CC(C)(CNCC(=O)Nc1cccc(Cl)c1)S(C)(=O)=O. The Morgan fingerprint density at radius 3 is 2.55 bits per heavy atom. The monoisotopic (exact) mass is 318 g/mol. The first kappa shape index (κ1) is 16.9. The zero-order valence-electron chi connectivity index (χ0n) is 11.7. The molecular formula is C13H19ClN2O3S. The third-order valence-electron chi connectivity index (χ3n) is 2.95. The number of halogens is 1. The summed E-state index contributed by atoms with van der Waals surface area (Å²) in [6, 6.07) is 6.81. The molecule has 2 N–H and O–H groups in total. The van der Waals surface area contributed by atoms with E-state index < -0.39 is 14.6 Å². The summed E-state index contributed by atoms with van der Waals surface area (Å²) in [4.78, 5) is 11.7. The van der Waals surface area contributed by atoms with Gasteiger partial charge in [-0.1, -0.05) is 17.7 Å². The lowest BCUT2D eigenvalue weighted by atomic mass is 10.2. The van der Waals surface area contributed by atoms with Crippen molar-refractivity contribution >= 4 is 33.0 Å². The molecule has 20 heavy (non-hydrogen) atoms. The maximum Gasteiger partial charge on any atom is 0.238 e. The minimum Gasteiger partial charge on any atom is -0.325 e. The van der Waals surface area contributed by atoms with Crippen LogP contribution in [0.3, 0.4) is 0 Å². The fraction of sp³-hybridized carbons (Fsp3) is 0.462. The summed E-state index contributed by atoms with van der Waals surface area (Å²) in [7, 11) is -3.18. The molecule has 0 unspecified atom stereocenters. The van der Waals surface area contributed by atoms with Gasteiger partial charge in [-0.25, -0.2) is 8.42 Å². The molecular weight excluding hydrogens is 300 g/mol. The normalized spacial score (nSPS) is 12.2. The Balaban J connectivity index is 2.45. The van der Waals surface area contributed by atoms with Gasteiger partial charge in [0.25, 0.3) is 0 Å². The summed E-state index contributed by atoms with van der Waals surface area (Å²) in [5.41, 5.74) is 0.603. The van der Waals surface area contributed by atoms with Crippen LogP contribution in [-0.2, 0) is 14.6 Å². The topological polar surface area (TPSA) is 75.3 Å². The van der Waals surface area contributed by atoms with Gasteiger partial charge in [0.1, 0.15) is 0 Å². The summed E-state index contributed by atoms with van der Waals surface area (Å²) in [5.74, 6) is -0.253. The molecule has 1 aromatic rings. The van der Waals surface area contributed by atoms with Crippen molar-refractivity contribution in [3.05, 3.63) is 29.3 Å². The Bertz CT molecular complexity index is 585. The van der Waals surface area contributed by atoms with Crippen molar-refractivity contribution in [3.63, 3.8) is 0 Å². The molecule has 0 spiro atoms. The van der Waals surface area contributed by atoms with Gasteiger partial charge in [0.15, 0.2) is 9.84 Å². The Morgan fingerprint density at radius 1 is 1.35 bits per heavy atom. The van der Waals surface area contributed by atoms with E-state index in [2.05, 4.69) is 10.6 Å². The standard InChI is InChI=1S/C13H19ClN2O3S/c1-13(2,20(3,18)19)9-15-8-12(17)16-11-6-4-5-10(14)7-11/h4-7,15H,8-9H2,1-3H3,(H,16,17). The zero-order valence-corrected chi connectivity index (χ0v) is 13.3. The summed E-state index contributed by atoms with van der Waals surface area (Å²) in [6.07, 6.45) is 1.18.